The zero-order valence-electron chi connectivity index (χ0n) is 25.0. The van der Waals surface area contributed by atoms with Crippen molar-refractivity contribution in [1.82, 2.24) is 0 Å². The van der Waals surface area contributed by atoms with E-state index in [0.29, 0.717) is 17.5 Å². The van der Waals surface area contributed by atoms with Gasteiger partial charge in [0.15, 0.2) is 11.6 Å². The van der Waals surface area contributed by atoms with E-state index in [-0.39, 0.29) is 23.4 Å². The Morgan fingerprint density at radius 3 is 2.03 bits per heavy atom. The van der Waals surface area contributed by atoms with Crippen LogP contribution in [0.1, 0.15) is 133 Å². The molecule has 0 aliphatic heterocycles. The Labute approximate surface area is 232 Å². The summed E-state index contributed by atoms with van der Waals surface area (Å²) in [5, 5.41) is 0. The van der Waals surface area contributed by atoms with E-state index in [2.05, 4.69) is 59.8 Å². The number of ketones is 2. The number of hydrogen-bond donors (Lipinski definition) is 0. The van der Waals surface area contributed by atoms with Crippen LogP contribution in [0.4, 0.5) is 0 Å². The molecule has 1 aromatic rings. The number of benzene rings is 1. The predicted octanol–water partition coefficient (Wildman–Crippen LogP) is 10.0. The van der Waals surface area contributed by atoms with E-state index in [1.807, 2.05) is 24.3 Å². The fraction of sp³-hybridized carbons (Fsp3) is 0.667. The van der Waals surface area contributed by atoms with Crippen LogP contribution in [0.3, 0.4) is 0 Å². The number of carbonyl (C=O) groups excluding carboxylic acids is 2. The summed E-state index contributed by atoms with van der Waals surface area (Å²) in [4.78, 5) is 27.9. The molecule has 208 valence electrons. The first-order valence-electron chi connectivity index (χ1n) is 15.6. The zero-order valence-corrected chi connectivity index (χ0v) is 25.0. The Balaban J connectivity index is 1.30. The van der Waals surface area contributed by atoms with Crippen molar-refractivity contribution in [1.29, 1.82) is 0 Å². The minimum absolute atomic E-state index is 0.166. The van der Waals surface area contributed by atoms with Crippen LogP contribution in [0.5, 0.6) is 0 Å². The van der Waals surface area contributed by atoms with Crippen LogP contribution < -0.4 is 0 Å². The summed E-state index contributed by atoms with van der Waals surface area (Å²) in [7, 11) is 0. The summed E-state index contributed by atoms with van der Waals surface area (Å²) in [6, 6.07) is 7.52. The number of hydrogen-bond acceptors (Lipinski definition) is 2. The molecule has 2 nitrogen and oxygen atoms in total. The second kappa shape index (κ2) is 12.1. The fourth-order valence-corrected chi connectivity index (χ4v) is 7.98. The van der Waals surface area contributed by atoms with Crippen molar-refractivity contribution >= 4 is 11.6 Å². The zero-order chi connectivity index (χ0) is 27.5. The summed E-state index contributed by atoms with van der Waals surface area (Å²) in [6.07, 6.45) is 20.1. The van der Waals surface area contributed by atoms with Gasteiger partial charge in [0.05, 0.1) is 10.8 Å². The summed E-state index contributed by atoms with van der Waals surface area (Å²) < 4.78 is 0. The Kier molecular flexibility index (Phi) is 9.21. The lowest BCUT2D eigenvalue weighted by molar-refractivity contribution is 0.0242. The van der Waals surface area contributed by atoms with Crippen LogP contribution >= 0.6 is 0 Å². The van der Waals surface area contributed by atoms with E-state index < -0.39 is 10.8 Å². The second-order valence-electron chi connectivity index (χ2n) is 13.8. The molecule has 0 aromatic heterocycles. The third-order valence-electron chi connectivity index (χ3n) is 10.6. The molecule has 3 aliphatic rings. The van der Waals surface area contributed by atoms with Gasteiger partial charge in [0.2, 0.25) is 0 Å². The Morgan fingerprint density at radius 2 is 1.39 bits per heavy atom. The fourth-order valence-electron chi connectivity index (χ4n) is 7.98. The molecule has 1 saturated carbocycles. The first-order valence-corrected chi connectivity index (χ1v) is 15.6. The maximum Gasteiger partial charge on any atom is 0.171 e. The molecular formula is C36H52O2. The minimum Gasteiger partial charge on any atom is -0.293 e. The van der Waals surface area contributed by atoms with Crippen LogP contribution in [0, 0.1) is 40.4 Å². The lowest BCUT2D eigenvalue weighted by atomic mass is 9.49. The van der Waals surface area contributed by atoms with Crippen molar-refractivity contribution in [2.45, 2.75) is 112 Å². The van der Waals surface area contributed by atoms with Gasteiger partial charge in [0.1, 0.15) is 0 Å². The predicted molar refractivity (Wildman–Crippen MR) is 159 cm³/mol. The van der Waals surface area contributed by atoms with Gasteiger partial charge in [-0.3, -0.25) is 9.59 Å². The maximum absolute atomic E-state index is 14.1. The lowest BCUT2D eigenvalue weighted by Gasteiger charge is -2.50. The highest BCUT2D eigenvalue weighted by atomic mass is 16.1. The number of rotatable bonds is 14. The molecule has 1 aromatic carbocycles. The molecule has 1 fully saturated rings. The SMILES string of the molecule is C/C(=C\CC12C(=O)c3ccccc3C(=O)C1(C)C1C=CC2C1)CCC[C@H](C)CCC[C@H](C)CCCC(C)C. The standard InChI is InChI=1S/C36H52O2/c1-25(2)12-9-13-26(3)14-10-15-27(4)16-11-17-28(5)22-23-36-30-21-20-29(24-30)35(36,6)33(37)31-18-7-8-19-32(31)34(36)38/h7-8,18-22,25-27,29-30H,9-17,23-24H2,1-6H3/b28-22+/t26-,27-,29?,30?,35?,36?/m1/s1. The van der Waals surface area contributed by atoms with Crippen LogP contribution in [0.25, 0.3) is 0 Å². The molecule has 4 unspecified atom stereocenters. The Bertz CT molecular complexity index is 1060. The van der Waals surface area contributed by atoms with Crippen LogP contribution in [-0.4, -0.2) is 11.6 Å². The van der Waals surface area contributed by atoms with Gasteiger partial charge >= 0.3 is 0 Å². The highest BCUT2D eigenvalue weighted by Crippen LogP contribution is 2.69. The van der Waals surface area contributed by atoms with Gasteiger partial charge in [-0.25, -0.2) is 0 Å². The van der Waals surface area contributed by atoms with Crippen molar-refractivity contribution in [3.8, 4) is 0 Å². The number of Topliss-reactive ketones (excluding diaryl/α,β-unsaturated/α-hetero) is 2. The largest absolute Gasteiger partial charge is 0.293 e. The van der Waals surface area contributed by atoms with Gasteiger partial charge in [-0.2, -0.15) is 0 Å². The van der Waals surface area contributed by atoms with E-state index in [4.69, 9.17) is 0 Å². The van der Waals surface area contributed by atoms with Gasteiger partial charge in [0.25, 0.3) is 0 Å². The first kappa shape index (κ1) is 29.0. The third kappa shape index (κ3) is 5.39. The van der Waals surface area contributed by atoms with E-state index in [1.54, 1.807) is 0 Å². The molecule has 0 saturated heterocycles. The molecular weight excluding hydrogens is 464 g/mol. The molecule has 0 heterocycles. The Hall–Kier alpha value is -1.96. The molecule has 6 atom stereocenters. The molecule has 0 spiro atoms. The van der Waals surface area contributed by atoms with Gasteiger partial charge in [-0.05, 0) is 62.2 Å². The van der Waals surface area contributed by atoms with Crippen LogP contribution in [0.2, 0.25) is 0 Å². The average Bonchev–Trinajstić information content (AvgIpc) is 3.47. The van der Waals surface area contributed by atoms with Crippen LogP contribution in [0.15, 0.2) is 48.1 Å². The minimum atomic E-state index is -0.630. The molecule has 0 amide bonds. The quantitative estimate of drug-likeness (QED) is 0.230. The molecule has 4 rings (SSSR count). The first-order chi connectivity index (χ1) is 18.1. The average molecular weight is 517 g/mol. The smallest absolute Gasteiger partial charge is 0.171 e. The van der Waals surface area contributed by atoms with Gasteiger partial charge in [-0.1, -0.05) is 128 Å². The van der Waals surface area contributed by atoms with Crippen molar-refractivity contribution < 1.29 is 9.59 Å². The lowest BCUT2D eigenvalue weighted by Crippen LogP contribution is -2.56. The van der Waals surface area contributed by atoms with Crippen molar-refractivity contribution in [2.75, 3.05) is 0 Å². The molecule has 38 heavy (non-hydrogen) atoms. The molecule has 0 radical (unpaired) electrons. The molecule has 3 aliphatic carbocycles. The number of allylic oxidation sites excluding steroid dienone is 4. The highest BCUT2D eigenvalue weighted by Gasteiger charge is 2.71. The second-order valence-corrected chi connectivity index (χ2v) is 13.8. The molecule has 0 N–H and O–H groups in total. The van der Waals surface area contributed by atoms with E-state index in [9.17, 15) is 9.59 Å². The maximum atomic E-state index is 14.1. The van der Waals surface area contributed by atoms with Gasteiger partial charge in [0, 0.05) is 11.1 Å². The van der Waals surface area contributed by atoms with Crippen molar-refractivity contribution in [2.24, 2.45) is 40.4 Å². The number of carbonyl (C=O) groups is 2. The summed E-state index contributed by atoms with van der Waals surface area (Å²) in [6.45, 7) is 13.8. The van der Waals surface area contributed by atoms with Gasteiger partial charge < -0.3 is 0 Å². The monoisotopic (exact) mass is 516 g/mol. The summed E-state index contributed by atoms with van der Waals surface area (Å²) in [5.74, 6) is 3.18. The molecule has 2 heteroatoms. The molecule has 2 bridgehead atoms. The van der Waals surface area contributed by atoms with Crippen molar-refractivity contribution in [3.63, 3.8) is 0 Å². The van der Waals surface area contributed by atoms with E-state index >= 15 is 0 Å². The topological polar surface area (TPSA) is 34.1 Å². The summed E-state index contributed by atoms with van der Waals surface area (Å²) >= 11 is 0. The van der Waals surface area contributed by atoms with Gasteiger partial charge in [-0.15, -0.1) is 0 Å². The van der Waals surface area contributed by atoms with E-state index in [1.165, 1.54) is 56.9 Å². The number of fused-ring (bicyclic) bond motifs is 6. The third-order valence-corrected chi connectivity index (χ3v) is 10.6. The normalized spacial score (nSPS) is 29.6. The Morgan fingerprint density at radius 1 is 0.842 bits per heavy atom. The van der Waals surface area contributed by atoms with Crippen LogP contribution in [-0.2, 0) is 0 Å². The highest BCUT2D eigenvalue weighted by molar-refractivity contribution is 6.20. The van der Waals surface area contributed by atoms with E-state index in [0.717, 1.165) is 30.6 Å². The summed E-state index contributed by atoms with van der Waals surface area (Å²) in [5.41, 5.74) is 1.40. The van der Waals surface area contributed by atoms with Crippen molar-refractivity contribution in [3.05, 3.63) is 59.2 Å².